The first-order valence-corrected chi connectivity index (χ1v) is 5.91. The molecule has 17 heavy (non-hydrogen) atoms. The predicted molar refractivity (Wildman–Crippen MR) is 76.5 cm³/mol. The van der Waals surface area contributed by atoms with E-state index in [-0.39, 0.29) is 5.91 Å². The summed E-state index contributed by atoms with van der Waals surface area (Å²) in [5.41, 5.74) is 1.13. The van der Waals surface area contributed by atoms with Gasteiger partial charge in [0.25, 0.3) is 0 Å². The molecule has 1 amide bonds. The molecule has 96 valence electrons. The van der Waals surface area contributed by atoms with Crippen LogP contribution in [0.5, 0.6) is 0 Å². The summed E-state index contributed by atoms with van der Waals surface area (Å²) in [5, 5.41) is 2.72. The maximum Gasteiger partial charge on any atom is 0.217 e. The molecule has 0 heterocycles. The van der Waals surface area contributed by atoms with Crippen LogP contribution in [-0.4, -0.2) is 5.91 Å². The van der Waals surface area contributed by atoms with Crippen molar-refractivity contribution in [2.45, 2.75) is 41.2 Å². The molecule has 0 aliphatic rings. The molecule has 1 aromatic carbocycles. The quantitative estimate of drug-likeness (QED) is 0.779. The monoisotopic (exact) mass is 235 g/mol. The van der Waals surface area contributed by atoms with Crippen molar-refractivity contribution in [1.29, 1.82) is 0 Å². The van der Waals surface area contributed by atoms with E-state index in [2.05, 4.69) is 18.2 Å². The second-order valence-corrected chi connectivity index (χ2v) is 2.40. The number of terminal acetylenes is 1. The van der Waals surface area contributed by atoms with Gasteiger partial charge in [0.2, 0.25) is 5.91 Å². The number of benzene rings is 1. The Labute approximate surface area is 106 Å². The number of carbonyl (C=O) groups excluding carboxylic acids is 1. The van der Waals surface area contributed by atoms with Crippen molar-refractivity contribution >= 4 is 5.91 Å². The molecule has 0 saturated heterocycles. The van der Waals surface area contributed by atoms with Crippen molar-refractivity contribution < 1.29 is 4.79 Å². The van der Waals surface area contributed by atoms with Crippen LogP contribution >= 0.6 is 0 Å². The van der Waals surface area contributed by atoms with Gasteiger partial charge in [0.05, 0.1) is 0 Å². The van der Waals surface area contributed by atoms with E-state index in [0.29, 0.717) is 6.54 Å². The number of rotatable bonds is 2. The Kier molecular flexibility index (Phi) is 24.0. The third-order valence-corrected chi connectivity index (χ3v) is 1.38. The molecule has 2 nitrogen and oxygen atoms in total. The van der Waals surface area contributed by atoms with E-state index in [1.54, 1.807) is 0 Å². The van der Waals surface area contributed by atoms with Gasteiger partial charge >= 0.3 is 0 Å². The SMILES string of the molecule is C#C.CC.CC.CC(=O)NCc1ccccc1. The summed E-state index contributed by atoms with van der Waals surface area (Å²) in [5.74, 6) is 0.00820. The van der Waals surface area contributed by atoms with E-state index >= 15 is 0 Å². The van der Waals surface area contributed by atoms with Gasteiger partial charge in [-0.25, -0.2) is 0 Å². The van der Waals surface area contributed by atoms with E-state index in [4.69, 9.17) is 0 Å². The molecule has 0 unspecified atom stereocenters. The Hall–Kier alpha value is -1.75. The molecule has 0 aromatic heterocycles. The third kappa shape index (κ3) is 16.9. The molecule has 1 aromatic rings. The molecule has 1 N–H and O–H groups in total. The van der Waals surface area contributed by atoms with Gasteiger partial charge in [-0.2, -0.15) is 0 Å². The van der Waals surface area contributed by atoms with Crippen LogP contribution in [0.4, 0.5) is 0 Å². The third-order valence-electron chi connectivity index (χ3n) is 1.38. The standard InChI is InChI=1S/C9H11NO.2C2H6.C2H2/c1-8(11)10-7-9-5-3-2-4-6-9;3*1-2/h2-6H,7H2,1H3,(H,10,11);2*1-2H3;1-2H. The largest absolute Gasteiger partial charge is 0.352 e. The Morgan fingerprint density at radius 2 is 1.47 bits per heavy atom. The molecule has 0 fully saturated rings. The Morgan fingerprint density at radius 1 is 1.06 bits per heavy atom. The number of carbonyl (C=O) groups is 1. The second-order valence-electron chi connectivity index (χ2n) is 2.40. The molecule has 0 bridgehead atoms. The van der Waals surface area contributed by atoms with Crippen molar-refractivity contribution in [1.82, 2.24) is 5.32 Å². The highest BCUT2D eigenvalue weighted by atomic mass is 16.1. The lowest BCUT2D eigenvalue weighted by Crippen LogP contribution is -2.18. The van der Waals surface area contributed by atoms with Crippen molar-refractivity contribution in [2.24, 2.45) is 0 Å². The van der Waals surface area contributed by atoms with Crippen LogP contribution in [0.3, 0.4) is 0 Å². The molecule has 0 aliphatic heterocycles. The molecule has 0 spiro atoms. The van der Waals surface area contributed by atoms with Gasteiger partial charge in [0.1, 0.15) is 0 Å². The van der Waals surface area contributed by atoms with Crippen molar-refractivity contribution in [3.05, 3.63) is 35.9 Å². The molecular weight excluding hydrogens is 210 g/mol. The van der Waals surface area contributed by atoms with Gasteiger partial charge in [-0.05, 0) is 5.56 Å². The number of hydrogen-bond donors (Lipinski definition) is 1. The van der Waals surface area contributed by atoms with Crippen LogP contribution in [0, 0.1) is 12.8 Å². The zero-order valence-electron chi connectivity index (χ0n) is 11.7. The average molecular weight is 235 g/mol. The molecule has 0 atom stereocenters. The summed E-state index contributed by atoms with van der Waals surface area (Å²) in [6.07, 6.45) is 8.00. The first kappa shape index (κ1) is 20.6. The summed E-state index contributed by atoms with van der Waals surface area (Å²) in [4.78, 5) is 10.5. The van der Waals surface area contributed by atoms with Crippen LogP contribution in [-0.2, 0) is 11.3 Å². The minimum atomic E-state index is 0.00820. The summed E-state index contributed by atoms with van der Waals surface area (Å²) in [6.45, 7) is 10.1. The molecule has 2 heteroatoms. The minimum absolute atomic E-state index is 0.00820. The summed E-state index contributed by atoms with van der Waals surface area (Å²) < 4.78 is 0. The van der Waals surface area contributed by atoms with Gasteiger partial charge < -0.3 is 5.32 Å². The molecule has 0 radical (unpaired) electrons. The fraction of sp³-hybridized carbons (Fsp3) is 0.400. The van der Waals surface area contributed by atoms with Gasteiger partial charge in [-0.15, -0.1) is 12.8 Å². The molecular formula is C15H25NO. The fourth-order valence-electron chi connectivity index (χ4n) is 0.822. The lowest BCUT2D eigenvalue weighted by atomic mass is 10.2. The average Bonchev–Trinajstić information content (AvgIpc) is 2.44. The Bertz CT molecular complexity index is 265. The van der Waals surface area contributed by atoms with E-state index in [9.17, 15) is 4.79 Å². The van der Waals surface area contributed by atoms with Gasteiger partial charge in [0, 0.05) is 13.5 Å². The van der Waals surface area contributed by atoms with Gasteiger partial charge in [-0.3, -0.25) is 4.79 Å². The lowest BCUT2D eigenvalue weighted by Gasteiger charge is -2.00. The van der Waals surface area contributed by atoms with Crippen LogP contribution < -0.4 is 5.32 Å². The van der Waals surface area contributed by atoms with Crippen LogP contribution in [0.2, 0.25) is 0 Å². The van der Waals surface area contributed by atoms with Crippen LogP contribution in [0.15, 0.2) is 30.3 Å². The Morgan fingerprint density at radius 3 is 1.82 bits per heavy atom. The van der Waals surface area contributed by atoms with E-state index in [0.717, 1.165) is 5.56 Å². The maximum absolute atomic E-state index is 10.5. The van der Waals surface area contributed by atoms with Crippen molar-refractivity contribution in [3.8, 4) is 12.8 Å². The normalized spacial score (nSPS) is 6.76. The zero-order valence-corrected chi connectivity index (χ0v) is 11.7. The van der Waals surface area contributed by atoms with E-state index in [1.807, 2.05) is 58.0 Å². The first-order chi connectivity index (χ1) is 8.29. The van der Waals surface area contributed by atoms with Crippen molar-refractivity contribution in [2.75, 3.05) is 0 Å². The first-order valence-electron chi connectivity index (χ1n) is 5.91. The maximum atomic E-state index is 10.5. The highest BCUT2D eigenvalue weighted by molar-refractivity contribution is 5.72. The topological polar surface area (TPSA) is 29.1 Å². The van der Waals surface area contributed by atoms with Crippen LogP contribution in [0.25, 0.3) is 0 Å². The second kappa shape index (κ2) is 19.8. The van der Waals surface area contributed by atoms with Gasteiger partial charge in [-0.1, -0.05) is 58.0 Å². The highest BCUT2D eigenvalue weighted by Gasteiger charge is 1.91. The predicted octanol–water partition coefficient (Wildman–Crippen LogP) is 3.62. The number of nitrogens with one attached hydrogen (secondary N) is 1. The number of hydrogen-bond acceptors (Lipinski definition) is 1. The zero-order chi connectivity index (χ0) is 14.1. The molecule has 0 aliphatic carbocycles. The van der Waals surface area contributed by atoms with E-state index in [1.165, 1.54) is 6.92 Å². The fourth-order valence-corrected chi connectivity index (χ4v) is 0.822. The lowest BCUT2D eigenvalue weighted by molar-refractivity contribution is -0.119. The smallest absolute Gasteiger partial charge is 0.217 e. The summed E-state index contributed by atoms with van der Waals surface area (Å²) in [7, 11) is 0. The Balaban J connectivity index is -0.000000285. The van der Waals surface area contributed by atoms with Crippen LogP contribution in [0.1, 0.15) is 40.2 Å². The van der Waals surface area contributed by atoms with Gasteiger partial charge in [0.15, 0.2) is 0 Å². The molecule has 0 saturated carbocycles. The minimum Gasteiger partial charge on any atom is -0.352 e. The molecule has 1 rings (SSSR count). The summed E-state index contributed by atoms with van der Waals surface area (Å²) in [6, 6.07) is 9.83. The highest BCUT2D eigenvalue weighted by Crippen LogP contribution is 1.96. The number of amides is 1. The van der Waals surface area contributed by atoms with Crippen molar-refractivity contribution in [3.63, 3.8) is 0 Å². The summed E-state index contributed by atoms with van der Waals surface area (Å²) >= 11 is 0. The van der Waals surface area contributed by atoms with E-state index < -0.39 is 0 Å².